The van der Waals surface area contributed by atoms with E-state index in [4.69, 9.17) is 0 Å². The van der Waals surface area contributed by atoms with Crippen LogP contribution in [0.2, 0.25) is 0 Å². The zero-order valence-electron chi connectivity index (χ0n) is 12.6. The molecule has 1 fully saturated rings. The number of likely N-dealkylation sites (tertiary alicyclic amines) is 1. The average Bonchev–Trinajstić information content (AvgIpc) is 2.42. The second kappa shape index (κ2) is 6.63. The molecule has 1 rings (SSSR count). The summed E-state index contributed by atoms with van der Waals surface area (Å²) in [5.41, 5.74) is -12.2. The van der Waals surface area contributed by atoms with Gasteiger partial charge in [-0.1, -0.05) is 13.3 Å². The third-order valence-corrected chi connectivity index (χ3v) is 9.35. The summed E-state index contributed by atoms with van der Waals surface area (Å²) in [7, 11) is -13.2. The minimum atomic E-state index is -6.58. The Balaban J connectivity index is 3.39. The van der Waals surface area contributed by atoms with E-state index in [-0.39, 0.29) is 0 Å². The van der Waals surface area contributed by atoms with Gasteiger partial charge in [-0.2, -0.15) is 26.3 Å². The highest BCUT2D eigenvalue weighted by Crippen LogP contribution is 2.48. The van der Waals surface area contributed by atoms with E-state index >= 15 is 0 Å². The standard InChI is InChI=1S/C11H17F6NO4S2/c1-2-3-6-18-7-4-9(5-8-18,23(19,20)10(12,13)14)24(21,22)11(15,16)17/h2-8H2,1H3. The number of unbranched alkanes of at least 4 members (excludes halogenated alkanes) is 1. The molecule has 0 amide bonds. The topological polar surface area (TPSA) is 71.5 Å². The predicted molar refractivity (Wildman–Crippen MR) is 73.3 cm³/mol. The molecule has 0 N–H and O–H groups in total. The third kappa shape index (κ3) is 3.39. The van der Waals surface area contributed by atoms with Crippen LogP contribution in [-0.4, -0.2) is 56.5 Å². The van der Waals surface area contributed by atoms with E-state index < -0.39 is 60.7 Å². The van der Waals surface area contributed by atoms with Crippen molar-refractivity contribution in [1.82, 2.24) is 4.90 Å². The van der Waals surface area contributed by atoms with Crippen molar-refractivity contribution < 1.29 is 43.2 Å². The number of piperidine rings is 1. The summed E-state index contributed by atoms with van der Waals surface area (Å²) in [6, 6.07) is 0. The molecule has 0 aromatic heterocycles. The van der Waals surface area contributed by atoms with Gasteiger partial charge in [0, 0.05) is 13.1 Å². The van der Waals surface area contributed by atoms with Gasteiger partial charge in [-0.3, -0.25) is 0 Å². The molecule has 1 saturated heterocycles. The van der Waals surface area contributed by atoms with E-state index in [1.165, 1.54) is 4.90 Å². The Morgan fingerprint density at radius 2 is 1.25 bits per heavy atom. The summed E-state index contributed by atoms with van der Waals surface area (Å²) >= 11 is 0. The van der Waals surface area contributed by atoms with Gasteiger partial charge in [0.15, 0.2) is 4.08 Å². The van der Waals surface area contributed by atoms with Crippen molar-refractivity contribution in [2.45, 2.75) is 47.7 Å². The largest absolute Gasteiger partial charge is 0.498 e. The molecular formula is C11H17F6NO4S2. The Morgan fingerprint density at radius 3 is 1.54 bits per heavy atom. The van der Waals surface area contributed by atoms with Crippen molar-refractivity contribution in [2.75, 3.05) is 19.6 Å². The first-order chi connectivity index (χ1) is 10.6. The quantitative estimate of drug-likeness (QED) is 0.657. The van der Waals surface area contributed by atoms with Gasteiger partial charge in [-0.15, -0.1) is 0 Å². The minimum absolute atomic E-state index is 0.338. The first kappa shape index (κ1) is 21.5. The summed E-state index contributed by atoms with van der Waals surface area (Å²) in [6.07, 6.45) is -1.24. The molecule has 13 heteroatoms. The molecule has 0 radical (unpaired) electrons. The molecule has 144 valence electrons. The Bertz CT molecular complexity index is 599. The number of nitrogens with zero attached hydrogens (tertiary/aromatic N) is 1. The Hall–Kier alpha value is -0.560. The molecule has 1 heterocycles. The lowest BCUT2D eigenvalue weighted by molar-refractivity contribution is -0.0506. The first-order valence-corrected chi connectivity index (χ1v) is 9.95. The summed E-state index contributed by atoms with van der Waals surface area (Å²) in [5.74, 6) is 0. The molecular weight excluding hydrogens is 388 g/mol. The van der Waals surface area contributed by atoms with Crippen molar-refractivity contribution in [3.8, 4) is 0 Å². The monoisotopic (exact) mass is 405 g/mol. The molecule has 0 atom stereocenters. The molecule has 0 aromatic carbocycles. The highest BCUT2D eigenvalue weighted by atomic mass is 32.3. The van der Waals surface area contributed by atoms with E-state index in [9.17, 15) is 43.2 Å². The van der Waals surface area contributed by atoms with Gasteiger partial charge in [-0.25, -0.2) is 16.8 Å². The van der Waals surface area contributed by atoms with Crippen LogP contribution < -0.4 is 0 Å². The molecule has 1 aliphatic heterocycles. The zero-order valence-corrected chi connectivity index (χ0v) is 14.2. The molecule has 0 unspecified atom stereocenters. The van der Waals surface area contributed by atoms with Crippen molar-refractivity contribution in [2.24, 2.45) is 0 Å². The van der Waals surface area contributed by atoms with Crippen LogP contribution in [-0.2, 0) is 19.7 Å². The van der Waals surface area contributed by atoms with Crippen LogP contribution in [0.15, 0.2) is 0 Å². The van der Waals surface area contributed by atoms with Gasteiger partial charge in [0.25, 0.3) is 19.7 Å². The number of alkyl halides is 6. The summed E-state index contributed by atoms with van der Waals surface area (Å²) < 4.78 is 120. The van der Waals surface area contributed by atoms with Crippen LogP contribution in [0.1, 0.15) is 32.6 Å². The van der Waals surface area contributed by atoms with Gasteiger partial charge in [0.2, 0.25) is 0 Å². The number of hydrogen-bond acceptors (Lipinski definition) is 5. The summed E-state index contributed by atoms with van der Waals surface area (Å²) in [5, 5.41) is 0. The number of sulfone groups is 2. The predicted octanol–water partition coefficient (Wildman–Crippen LogP) is 2.45. The highest BCUT2D eigenvalue weighted by Gasteiger charge is 2.72. The van der Waals surface area contributed by atoms with Crippen LogP contribution in [0.4, 0.5) is 26.3 Å². The Labute approximate surface area is 135 Å². The summed E-state index contributed by atoms with van der Waals surface area (Å²) in [4.78, 5) is 1.46. The molecule has 24 heavy (non-hydrogen) atoms. The van der Waals surface area contributed by atoms with E-state index in [0.717, 1.165) is 0 Å². The van der Waals surface area contributed by atoms with Gasteiger partial charge >= 0.3 is 11.0 Å². The Kier molecular flexibility index (Phi) is 5.94. The maximum Gasteiger partial charge on any atom is 0.498 e. The lowest BCUT2D eigenvalue weighted by Crippen LogP contribution is -2.60. The van der Waals surface area contributed by atoms with Gasteiger partial charge in [-0.05, 0) is 25.8 Å². The number of rotatable bonds is 5. The van der Waals surface area contributed by atoms with Crippen molar-refractivity contribution in [3.05, 3.63) is 0 Å². The molecule has 1 aliphatic rings. The maximum absolute atomic E-state index is 12.8. The number of hydrogen-bond donors (Lipinski definition) is 0. The second-order valence-corrected chi connectivity index (χ2v) is 10.3. The molecule has 0 saturated carbocycles. The number of halogens is 6. The molecule has 0 bridgehead atoms. The van der Waals surface area contributed by atoms with Crippen LogP contribution >= 0.6 is 0 Å². The van der Waals surface area contributed by atoms with E-state index in [1.54, 1.807) is 0 Å². The molecule has 0 spiro atoms. The molecule has 5 nitrogen and oxygen atoms in total. The second-order valence-electron chi connectivity index (χ2n) is 5.50. The van der Waals surface area contributed by atoms with E-state index in [1.807, 2.05) is 6.92 Å². The highest BCUT2D eigenvalue weighted by molar-refractivity contribution is 8.11. The van der Waals surface area contributed by atoms with Gasteiger partial charge in [0.05, 0.1) is 0 Å². The smallest absolute Gasteiger partial charge is 0.303 e. The SMILES string of the molecule is CCCCN1CCC(S(=O)(=O)C(F)(F)F)(S(=O)(=O)C(F)(F)F)CC1. The zero-order chi connectivity index (χ0) is 19.0. The van der Waals surface area contributed by atoms with Crippen molar-refractivity contribution in [1.29, 1.82) is 0 Å². The fourth-order valence-corrected chi connectivity index (χ4v) is 6.61. The lowest BCUT2D eigenvalue weighted by atomic mass is 10.1. The summed E-state index contributed by atoms with van der Waals surface area (Å²) in [6.45, 7) is 1.19. The fraction of sp³-hybridized carbons (Fsp3) is 1.00. The maximum atomic E-state index is 12.8. The minimum Gasteiger partial charge on any atom is -0.303 e. The molecule has 0 aromatic rings. The first-order valence-electron chi connectivity index (χ1n) is 6.98. The Morgan fingerprint density at radius 1 is 0.875 bits per heavy atom. The van der Waals surface area contributed by atoms with Gasteiger partial charge in [0.1, 0.15) is 0 Å². The molecule has 0 aliphatic carbocycles. The van der Waals surface area contributed by atoms with Crippen molar-refractivity contribution >= 4 is 19.7 Å². The van der Waals surface area contributed by atoms with Crippen LogP contribution in [0.25, 0.3) is 0 Å². The van der Waals surface area contributed by atoms with Gasteiger partial charge < -0.3 is 4.90 Å². The lowest BCUT2D eigenvalue weighted by Gasteiger charge is -2.40. The fourth-order valence-electron chi connectivity index (χ4n) is 2.60. The van der Waals surface area contributed by atoms with E-state index in [2.05, 4.69) is 0 Å². The van der Waals surface area contributed by atoms with Crippen LogP contribution in [0, 0.1) is 0 Å². The van der Waals surface area contributed by atoms with E-state index in [0.29, 0.717) is 19.4 Å². The third-order valence-electron chi connectivity index (χ3n) is 4.03. The normalized spacial score (nSPS) is 21.0. The van der Waals surface area contributed by atoms with Crippen molar-refractivity contribution in [3.63, 3.8) is 0 Å². The van der Waals surface area contributed by atoms with Crippen LogP contribution in [0.3, 0.4) is 0 Å². The average molecular weight is 405 g/mol. The van der Waals surface area contributed by atoms with Crippen LogP contribution in [0.5, 0.6) is 0 Å².